The van der Waals surface area contributed by atoms with Crippen LogP contribution in [0.3, 0.4) is 0 Å². The summed E-state index contributed by atoms with van der Waals surface area (Å²) >= 11 is 0. The summed E-state index contributed by atoms with van der Waals surface area (Å²) in [4.78, 5) is 16.0. The van der Waals surface area contributed by atoms with Crippen LogP contribution < -0.4 is 0 Å². The third-order valence-electron chi connectivity index (χ3n) is 4.49. The van der Waals surface area contributed by atoms with Gasteiger partial charge in [-0.25, -0.2) is 9.78 Å². The first kappa shape index (κ1) is 19.4. The number of alkyl halides is 3. The van der Waals surface area contributed by atoms with Gasteiger partial charge in [0.2, 0.25) is 0 Å². The van der Waals surface area contributed by atoms with Gasteiger partial charge in [-0.15, -0.1) is 0 Å². The molecule has 30 heavy (non-hydrogen) atoms. The van der Waals surface area contributed by atoms with Crippen molar-refractivity contribution in [3.05, 3.63) is 89.3 Å². The van der Waals surface area contributed by atoms with Gasteiger partial charge in [0.15, 0.2) is 0 Å². The van der Waals surface area contributed by atoms with E-state index in [1.807, 2.05) is 0 Å². The van der Waals surface area contributed by atoms with E-state index in [2.05, 4.69) is 4.98 Å². The van der Waals surface area contributed by atoms with Crippen LogP contribution in [0.2, 0.25) is 0 Å². The third kappa shape index (κ3) is 3.96. The minimum Gasteiger partial charge on any atom is -0.478 e. The summed E-state index contributed by atoms with van der Waals surface area (Å²) in [7, 11) is 0. The predicted molar refractivity (Wildman–Crippen MR) is 107 cm³/mol. The molecule has 4 rings (SSSR count). The van der Waals surface area contributed by atoms with E-state index in [0.29, 0.717) is 33.7 Å². The molecule has 2 aromatic heterocycles. The van der Waals surface area contributed by atoms with Crippen LogP contribution in [0.25, 0.3) is 34.4 Å². The second-order valence-electron chi connectivity index (χ2n) is 6.53. The lowest BCUT2D eigenvalue weighted by molar-refractivity contribution is -0.137. The van der Waals surface area contributed by atoms with Crippen molar-refractivity contribution in [3.63, 3.8) is 0 Å². The van der Waals surface area contributed by atoms with E-state index >= 15 is 0 Å². The molecule has 7 heteroatoms. The van der Waals surface area contributed by atoms with Crippen LogP contribution in [0.1, 0.15) is 27.4 Å². The van der Waals surface area contributed by atoms with Crippen molar-refractivity contribution in [1.29, 1.82) is 0 Å². The fraction of sp³-hybridized carbons (Fsp3) is 0.0435. The average molecular weight is 409 g/mol. The Morgan fingerprint density at radius 1 is 0.967 bits per heavy atom. The van der Waals surface area contributed by atoms with Crippen molar-refractivity contribution in [3.8, 4) is 11.3 Å². The number of carbonyl (C=O) groups is 1. The standard InChI is InChI=1S/C23H14F3NO3/c24-23(25,26)15-5-3-4-14(12-15)21-11-10-17(30-21)9-8-16-13-19(22(28)29)18-6-1-2-7-20(18)27-16/h1-13H,(H,28,29)/b9-8+. The van der Waals surface area contributed by atoms with Crippen LogP contribution >= 0.6 is 0 Å². The summed E-state index contributed by atoms with van der Waals surface area (Å²) in [6, 6.07) is 16.4. The number of halogens is 3. The number of para-hydroxylation sites is 1. The molecule has 0 radical (unpaired) electrons. The van der Waals surface area contributed by atoms with Crippen molar-refractivity contribution in [1.82, 2.24) is 4.98 Å². The van der Waals surface area contributed by atoms with E-state index in [-0.39, 0.29) is 5.56 Å². The zero-order valence-electron chi connectivity index (χ0n) is 15.4. The monoisotopic (exact) mass is 409 g/mol. The molecular weight excluding hydrogens is 395 g/mol. The number of carboxylic acids is 1. The Kier molecular flexibility index (Phi) is 4.87. The predicted octanol–water partition coefficient (Wildman–Crippen LogP) is 6.38. The van der Waals surface area contributed by atoms with Gasteiger partial charge in [-0.1, -0.05) is 30.3 Å². The molecule has 0 aliphatic carbocycles. The molecule has 2 heterocycles. The average Bonchev–Trinajstić information content (AvgIpc) is 3.20. The molecule has 0 atom stereocenters. The lowest BCUT2D eigenvalue weighted by Gasteiger charge is -2.07. The molecule has 0 saturated heterocycles. The number of benzene rings is 2. The molecule has 0 bridgehead atoms. The topological polar surface area (TPSA) is 63.3 Å². The van der Waals surface area contributed by atoms with E-state index in [1.54, 1.807) is 48.6 Å². The fourth-order valence-electron chi connectivity index (χ4n) is 3.07. The number of aromatic carboxylic acids is 1. The molecule has 0 aliphatic heterocycles. The molecular formula is C23H14F3NO3. The summed E-state index contributed by atoms with van der Waals surface area (Å²) in [5.41, 5.74) is 0.644. The number of hydrogen-bond acceptors (Lipinski definition) is 3. The molecule has 1 N–H and O–H groups in total. The lowest BCUT2D eigenvalue weighted by Crippen LogP contribution is -2.04. The number of hydrogen-bond donors (Lipinski definition) is 1. The highest BCUT2D eigenvalue weighted by molar-refractivity contribution is 6.03. The maximum atomic E-state index is 12.9. The van der Waals surface area contributed by atoms with Crippen LogP contribution in [-0.4, -0.2) is 16.1 Å². The maximum absolute atomic E-state index is 12.9. The number of rotatable bonds is 4. The fourth-order valence-corrected chi connectivity index (χ4v) is 3.07. The molecule has 0 fully saturated rings. The van der Waals surface area contributed by atoms with Crippen LogP contribution in [0.4, 0.5) is 13.2 Å². The van der Waals surface area contributed by atoms with Gasteiger partial charge >= 0.3 is 12.1 Å². The molecule has 4 nitrogen and oxygen atoms in total. The van der Waals surface area contributed by atoms with Gasteiger partial charge in [0.05, 0.1) is 22.3 Å². The molecule has 0 spiro atoms. The number of pyridine rings is 1. The summed E-state index contributed by atoms with van der Waals surface area (Å²) in [5.74, 6) is -0.374. The second kappa shape index (κ2) is 7.51. The van der Waals surface area contributed by atoms with Gasteiger partial charge < -0.3 is 9.52 Å². The summed E-state index contributed by atoms with van der Waals surface area (Å²) in [6.45, 7) is 0. The molecule has 150 valence electrons. The van der Waals surface area contributed by atoms with Crippen LogP contribution in [0.5, 0.6) is 0 Å². The minimum atomic E-state index is -4.44. The first-order valence-corrected chi connectivity index (χ1v) is 8.90. The van der Waals surface area contributed by atoms with Gasteiger partial charge in [-0.2, -0.15) is 13.2 Å². The van der Waals surface area contributed by atoms with Gasteiger partial charge in [0.1, 0.15) is 11.5 Å². The highest BCUT2D eigenvalue weighted by Gasteiger charge is 2.30. The van der Waals surface area contributed by atoms with E-state index < -0.39 is 17.7 Å². The summed E-state index contributed by atoms with van der Waals surface area (Å²) in [5, 5.41) is 9.99. The number of nitrogens with zero attached hydrogens (tertiary/aromatic N) is 1. The number of furan rings is 1. The smallest absolute Gasteiger partial charge is 0.416 e. The summed E-state index contributed by atoms with van der Waals surface area (Å²) in [6.07, 6.45) is -1.26. The lowest BCUT2D eigenvalue weighted by atomic mass is 10.1. The van der Waals surface area contributed by atoms with Crippen molar-refractivity contribution in [2.24, 2.45) is 0 Å². The second-order valence-corrected chi connectivity index (χ2v) is 6.53. The molecule has 0 unspecified atom stereocenters. The quantitative estimate of drug-likeness (QED) is 0.425. The van der Waals surface area contributed by atoms with Gasteiger partial charge in [0.25, 0.3) is 0 Å². The molecule has 0 amide bonds. The number of aromatic nitrogens is 1. The van der Waals surface area contributed by atoms with E-state index in [9.17, 15) is 23.1 Å². The first-order valence-electron chi connectivity index (χ1n) is 8.90. The third-order valence-corrected chi connectivity index (χ3v) is 4.49. The van der Waals surface area contributed by atoms with Crippen molar-refractivity contribution >= 4 is 29.0 Å². The zero-order valence-corrected chi connectivity index (χ0v) is 15.4. The molecule has 0 saturated carbocycles. The van der Waals surface area contributed by atoms with Gasteiger partial charge in [-0.05, 0) is 48.6 Å². The van der Waals surface area contributed by atoms with E-state index in [0.717, 1.165) is 12.1 Å². The van der Waals surface area contributed by atoms with E-state index in [1.165, 1.54) is 18.2 Å². The van der Waals surface area contributed by atoms with Crippen LogP contribution in [0, 0.1) is 0 Å². The minimum absolute atomic E-state index is 0.129. The SMILES string of the molecule is O=C(O)c1cc(/C=C/c2ccc(-c3cccc(C(F)(F)F)c3)o2)nc2ccccc12. The molecule has 0 aliphatic rings. The number of carboxylic acid groups (broad SMARTS) is 1. The Hall–Kier alpha value is -3.87. The van der Waals surface area contributed by atoms with Crippen LogP contribution in [-0.2, 0) is 6.18 Å². The normalized spacial score (nSPS) is 12.0. The van der Waals surface area contributed by atoms with Crippen molar-refractivity contribution in [2.75, 3.05) is 0 Å². The van der Waals surface area contributed by atoms with Crippen molar-refractivity contribution in [2.45, 2.75) is 6.18 Å². The van der Waals surface area contributed by atoms with E-state index in [4.69, 9.17) is 4.42 Å². The largest absolute Gasteiger partial charge is 0.478 e. The zero-order chi connectivity index (χ0) is 21.3. The van der Waals surface area contributed by atoms with Gasteiger partial charge in [-0.3, -0.25) is 0 Å². The Morgan fingerprint density at radius 3 is 2.53 bits per heavy atom. The Morgan fingerprint density at radius 2 is 1.77 bits per heavy atom. The van der Waals surface area contributed by atoms with Crippen molar-refractivity contribution < 1.29 is 27.5 Å². The molecule has 4 aromatic rings. The maximum Gasteiger partial charge on any atom is 0.416 e. The Bertz CT molecular complexity index is 1270. The van der Waals surface area contributed by atoms with Gasteiger partial charge in [0, 0.05) is 10.9 Å². The molecule has 2 aromatic carbocycles. The highest BCUT2D eigenvalue weighted by Crippen LogP contribution is 2.33. The number of fused-ring (bicyclic) bond motifs is 1. The highest BCUT2D eigenvalue weighted by atomic mass is 19.4. The Balaban J connectivity index is 1.64. The first-order chi connectivity index (χ1) is 14.3. The summed E-state index contributed by atoms with van der Waals surface area (Å²) < 4.78 is 44.3. The Labute approximate surface area is 168 Å². The van der Waals surface area contributed by atoms with Crippen LogP contribution in [0.15, 0.2) is 71.1 Å².